The van der Waals surface area contributed by atoms with Crippen LogP contribution < -0.4 is 5.32 Å². The summed E-state index contributed by atoms with van der Waals surface area (Å²) in [7, 11) is 1.59. The van der Waals surface area contributed by atoms with Gasteiger partial charge in [0.2, 0.25) is 5.91 Å². The third kappa shape index (κ3) is 5.62. The van der Waals surface area contributed by atoms with E-state index in [2.05, 4.69) is 5.32 Å². The zero-order valence-electron chi connectivity index (χ0n) is 14.3. The van der Waals surface area contributed by atoms with Crippen LogP contribution in [0.2, 0.25) is 0 Å². The van der Waals surface area contributed by atoms with Crippen LogP contribution in [0.3, 0.4) is 0 Å². The molecule has 5 atom stereocenters. The standard InChI is InChI=1S/C15H30N2O7/c1-10(19)17-4-3-15(8-17,9-24-2)7-16-5-11(20)13(22)14(23)12(21)6-18/h11-14,16,18,20-23H,3-9H2,1-2H3/t11-,12+,13+,14+,15?/m0/s1. The summed E-state index contributed by atoms with van der Waals surface area (Å²) in [5, 5.41) is 50.3. The summed E-state index contributed by atoms with van der Waals surface area (Å²) in [5.41, 5.74) is -0.270. The van der Waals surface area contributed by atoms with Crippen LogP contribution in [-0.2, 0) is 9.53 Å². The predicted molar refractivity (Wildman–Crippen MR) is 85.2 cm³/mol. The summed E-state index contributed by atoms with van der Waals surface area (Å²) in [6.45, 7) is 2.91. The number of aliphatic hydroxyl groups excluding tert-OH is 5. The molecule has 0 aromatic heterocycles. The molecule has 0 aromatic rings. The Hall–Kier alpha value is -0.810. The fourth-order valence-corrected chi connectivity index (χ4v) is 2.99. The summed E-state index contributed by atoms with van der Waals surface area (Å²) < 4.78 is 5.26. The Morgan fingerprint density at radius 1 is 1.25 bits per heavy atom. The fourth-order valence-electron chi connectivity index (χ4n) is 2.99. The fraction of sp³-hybridized carbons (Fsp3) is 0.933. The zero-order chi connectivity index (χ0) is 18.3. The Balaban J connectivity index is 2.49. The Morgan fingerprint density at radius 2 is 1.88 bits per heavy atom. The van der Waals surface area contributed by atoms with Crippen molar-refractivity contribution in [2.24, 2.45) is 5.41 Å². The highest BCUT2D eigenvalue weighted by atomic mass is 16.5. The predicted octanol–water partition coefficient (Wildman–Crippen LogP) is -3.10. The number of carbonyl (C=O) groups is 1. The second kappa shape index (κ2) is 9.62. The molecular weight excluding hydrogens is 320 g/mol. The van der Waals surface area contributed by atoms with Gasteiger partial charge in [0.15, 0.2) is 0 Å². The molecule has 1 rings (SSSR count). The molecule has 6 N–H and O–H groups in total. The minimum atomic E-state index is -1.64. The number of carbonyl (C=O) groups excluding carboxylic acids is 1. The Labute approximate surface area is 141 Å². The second-order valence-electron chi connectivity index (χ2n) is 6.55. The van der Waals surface area contributed by atoms with Crippen LogP contribution in [-0.4, -0.2) is 107 Å². The number of ether oxygens (including phenoxy) is 1. The summed E-state index contributed by atoms with van der Waals surface area (Å²) in [6.07, 6.45) is -5.30. The lowest BCUT2D eigenvalue weighted by atomic mass is 9.88. The van der Waals surface area contributed by atoms with Gasteiger partial charge < -0.3 is 40.5 Å². The first-order valence-electron chi connectivity index (χ1n) is 8.04. The number of rotatable bonds is 10. The van der Waals surface area contributed by atoms with Crippen molar-refractivity contribution in [2.45, 2.75) is 37.8 Å². The minimum Gasteiger partial charge on any atom is -0.394 e. The van der Waals surface area contributed by atoms with Crippen molar-refractivity contribution >= 4 is 5.91 Å². The largest absolute Gasteiger partial charge is 0.394 e. The molecule has 0 aromatic carbocycles. The van der Waals surface area contributed by atoms with Gasteiger partial charge >= 0.3 is 0 Å². The van der Waals surface area contributed by atoms with Crippen LogP contribution in [0.5, 0.6) is 0 Å². The van der Waals surface area contributed by atoms with Crippen molar-refractivity contribution in [1.29, 1.82) is 0 Å². The lowest BCUT2D eigenvalue weighted by Gasteiger charge is -2.30. The molecule has 0 bridgehead atoms. The maximum absolute atomic E-state index is 11.5. The number of methoxy groups -OCH3 is 1. The van der Waals surface area contributed by atoms with Crippen molar-refractivity contribution in [3.8, 4) is 0 Å². The van der Waals surface area contributed by atoms with Crippen LogP contribution in [0, 0.1) is 5.41 Å². The summed E-state index contributed by atoms with van der Waals surface area (Å²) in [6, 6.07) is 0. The van der Waals surface area contributed by atoms with E-state index in [1.54, 1.807) is 12.0 Å². The second-order valence-corrected chi connectivity index (χ2v) is 6.55. The molecule has 1 aliphatic heterocycles. The van der Waals surface area contributed by atoms with E-state index in [1.165, 1.54) is 6.92 Å². The van der Waals surface area contributed by atoms with Crippen LogP contribution in [0.4, 0.5) is 0 Å². The molecule has 24 heavy (non-hydrogen) atoms. The van der Waals surface area contributed by atoms with E-state index >= 15 is 0 Å². The Kier molecular flexibility index (Phi) is 8.51. The van der Waals surface area contributed by atoms with E-state index in [9.17, 15) is 25.2 Å². The van der Waals surface area contributed by atoms with E-state index in [0.717, 1.165) is 6.42 Å². The molecule has 142 valence electrons. The first-order chi connectivity index (χ1) is 11.3. The number of hydrogen-bond acceptors (Lipinski definition) is 8. The van der Waals surface area contributed by atoms with Gasteiger partial charge in [0.25, 0.3) is 0 Å². The highest BCUT2D eigenvalue weighted by Crippen LogP contribution is 2.30. The molecule has 9 nitrogen and oxygen atoms in total. The quantitative estimate of drug-likeness (QED) is 0.243. The van der Waals surface area contributed by atoms with Gasteiger partial charge in [0.05, 0.1) is 19.3 Å². The van der Waals surface area contributed by atoms with E-state index in [1.807, 2.05) is 0 Å². The number of aliphatic hydroxyl groups is 5. The van der Waals surface area contributed by atoms with Gasteiger partial charge in [-0.15, -0.1) is 0 Å². The Bertz CT molecular complexity index is 398. The lowest BCUT2D eigenvalue weighted by Crippen LogP contribution is -2.50. The number of likely N-dealkylation sites (tertiary alicyclic amines) is 1. The summed E-state index contributed by atoms with van der Waals surface area (Å²) >= 11 is 0. The van der Waals surface area contributed by atoms with Gasteiger partial charge in [-0.1, -0.05) is 0 Å². The number of nitrogens with one attached hydrogen (secondary N) is 1. The van der Waals surface area contributed by atoms with Gasteiger partial charge in [-0.2, -0.15) is 0 Å². The monoisotopic (exact) mass is 350 g/mol. The van der Waals surface area contributed by atoms with Crippen molar-refractivity contribution in [1.82, 2.24) is 10.2 Å². The normalized spacial score (nSPS) is 26.2. The number of nitrogens with zero attached hydrogens (tertiary/aromatic N) is 1. The molecule has 0 spiro atoms. The average Bonchev–Trinajstić information content (AvgIpc) is 2.97. The lowest BCUT2D eigenvalue weighted by molar-refractivity contribution is -0.128. The first kappa shape index (κ1) is 21.2. The zero-order valence-corrected chi connectivity index (χ0v) is 14.3. The molecule has 1 saturated heterocycles. The van der Waals surface area contributed by atoms with Crippen molar-refractivity contribution in [3.63, 3.8) is 0 Å². The molecular formula is C15H30N2O7. The minimum absolute atomic E-state index is 0.00421. The van der Waals surface area contributed by atoms with Crippen LogP contribution in [0.15, 0.2) is 0 Å². The highest BCUT2D eigenvalue weighted by molar-refractivity contribution is 5.73. The summed E-state index contributed by atoms with van der Waals surface area (Å²) in [5.74, 6) is 0.00421. The Morgan fingerprint density at radius 3 is 2.38 bits per heavy atom. The van der Waals surface area contributed by atoms with Gasteiger partial charge in [-0.3, -0.25) is 4.79 Å². The van der Waals surface area contributed by atoms with E-state index < -0.39 is 31.0 Å². The highest BCUT2D eigenvalue weighted by Gasteiger charge is 2.39. The smallest absolute Gasteiger partial charge is 0.219 e. The molecule has 1 unspecified atom stereocenters. The van der Waals surface area contributed by atoms with Gasteiger partial charge in [0.1, 0.15) is 18.3 Å². The third-order valence-corrected chi connectivity index (χ3v) is 4.51. The van der Waals surface area contributed by atoms with Gasteiger partial charge in [-0.25, -0.2) is 0 Å². The molecule has 1 amide bonds. The molecule has 1 aliphatic rings. The molecule has 1 heterocycles. The van der Waals surface area contributed by atoms with Crippen molar-refractivity contribution in [3.05, 3.63) is 0 Å². The molecule has 0 aliphatic carbocycles. The third-order valence-electron chi connectivity index (χ3n) is 4.51. The van der Waals surface area contributed by atoms with Crippen molar-refractivity contribution < 1.29 is 35.1 Å². The van der Waals surface area contributed by atoms with Crippen LogP contribution >= 0.6 is 0 Å². The SMILES string of the molecule is COCC1(CNC[C@H](O)[C@@H](O)[C@H](O)[C@H](O)CO)CCN(C(C)=O)C1. The average molecular weight is 350 g/mol. The first-order valence-corrected chi connectivity index (χ1v) is 8.04. The van der Waals surface area contributed by atoms with Crippen LogP contribution in [0.25, 0.3) is 0 Å². The maximum Gasteiger partial charge on any atom is 0.219 e. The van der Waals surface area contributed by atoms with Crippen LogP contribution in [0.1, 0.15) is 13.3 Å². The molecule has 1 fully saturated rings. The van der Waals surface area contributed by atoms with Gasteiger partial charge in [-0.05, 0) is 6.42 Å². The van der Waals surface area contributed by atoms with E-state index in [-0.39, 0.29) is 17.9 Å². The van der Waals surface area contributed by atoms with Gasteiger partial charge in [0, 0.05) is 45.6 Å². The number of amides is 1. The topological polar surface area (TPSA) is 143 Å². The number of hydrogen-bond donors (Lipinski definition) is 6. The molecule has 0 radical (unpaired) electrons. The summed E-state index contributed by atoms with van der Waals surface area (Å²) in [4.78, 5) is 13.2. The maximum atomic E-state index is 11.5. The molecule has 0 saturated carbocycles. The van der Waals surface area contributed by atoms with E-state index in [4.69, 9.17) is 9.84 Å². The molecule has 9 heteroatoms. The van der Waals surface area contributed by atoms with Crippen molar-refractivity contribution in [2.75, 3.05) is 46.5 Å². The van der Waals surface area contributed by atoms with E-state index in [0.29, 0.717) is 26.2 Å².